The van der Waals surface area contributed by atoms with Gasteiger partial charge in [-0.2, -0.15) is 0 Å². The third kappa shape index (κ3) is 4.27. The first-order valence-corrected chi connectivity index (χ1v) is 11.2. The molecule has 4 aromatic rings. The van der Waals surface area contributed by atoms with E-state index in [0.717, 1.165) is 22.7 Å². The van der Waals surface area contributed by atoms with Gasteiger partial charge in [0.05, 0.1) is 36.6 Å². The van der Waals surface area contributed by atoms with Crippen molar-refractivity contribution in [2.75, 3.05) is 7.11 Å². The highest BCUT2D eigenvalue weighted by Gasteiger charge is 2.41. The van der Waals surface area contributed by atoms with Gasteiger partial charge in [0, 0.05) is 18.0 Å². The molecule has 2 atom stereocenters. The molecule has 0 aliphatic carbocycles. The Hall–Kier alpha value is -4.04. The van der Waals surface area contributed by atoms with Crippen molar-refractivity contribution in [1.82, 2.24) is 20.2 Å². The zero-order valence-corrected chi connectivity index (χ0v) is 19.2. The lowest BCUT2D eigenvalue weighted by atomic mass is 10.0. The molecule has 4 heterocycles. The minimum atomic E-state index is -0.374. The van der Waals surface area contributed by atoms with E-state index in [2.05, 4.69) is 20.2 Å². The summed E-state index contributed by atoms with van der Waals surface area (Å²) in [5.74, 6) is 1.08. The number of esters is 1. The molecule has 0 radical (unpaired) electrons. The largest absolute Gasteiger partial charge is 0.465 e. The van der Waals surface area contributed by atoms with Gasteiger partial charge in [-0.15, -0.1) is 0 Å². The van der Waals surface area contributed by atoms with E-state index in [0.29, 0.717) is 23.0 Å². The van der Waals surface area contributed by atoms with Crippen LogP contribution in [0.2, 0.25) is 0 Å². The topological polar surface area (TPSA) is 80.5 Å². The first-order chi connectivity index (χ1) is 16.6. The molecule has 0 bridgehead atoms. The smallest absolute Gasteiger partial charge is 0.337 e. The summed E-state index contributed by atoms with van der Waals surface area (Å²) >= 11 is 5.72. The van der Waals surface area contributed by atoms with Crippen LogP contribution in [0.4, 0.5) is 0 Å². The van der Waals surface area contributed by atoms with E-state index in [-0.39, 0.29) is 18.1 Å². The standard InChI is InChI=1S/C26H22N4O3S/c1-32-25(31)18-10-8-17(9-11-18)21-12-13-22(33-21)24-23(20-7-3-5-15-28-20)29-26(34)30(24)16-19-6-2-4-14-27-19/h2-15,23-24H,16H2,1H3,(H,29,34). The number of hydrogen-bond acceptors (Lipinski definition) is 6. The minimum Gasteiger partial charge on any atom is -0.465 e. The summed E-state index contributed by atoms with van der Waals surface area (Å²) in [4.78, 5) is 22.9. The second-order valence-corrected chi connectivity index (χ2v) is 8.23. The van der Waals surface area contributed by atoms with E-state index in [4.69, 9.17) is 21.4 Å². The second kappa shape index (κ2) is 9.44. The van der Waals surface area contributed by atoms with Crippen LogP contribution in [0, 0.1) is 0 Å². The molecule has 34 heavy (non-hydrogen) atoms. The average molecular weight is 471 g/mol. The highest BCUT2D eigenvalue weighted by atomic mass is 32.1. The van der Waals surface area contributed by atoms with Crippen molar-refractivity contribution in [3.05, 3.63) is 108 Å². The lowest BCUT2D eigenvalue weighted by molar-refractivity contribution is 0.0600. The average Bonchev–Trinajstić information content (AvgIpc) is 3.50. The van der Waals surface area contributed by atoms with E-state index in [1.807, 2.05) is 60.7 Å². The predicted molar refractivity (Wildman–Crippen MR) is 131 cm³/mol. The summed E-state index contributed by atoms with van der Waals surface area (Å²) in [7, 11) is 1.36. The summed E-state index contributed by atoms with van der Waals surface area (Å²) in [6, 6.07) is 22.3. The Balaban J connectivity index is 1.49. The number of methoxy groups -OCH3 is 1. The van der Waals surface area contributed by atoms with E-state index >= 15 is 0 Å². The Morgan fingerprint density at radius 1 is 1.03 bits per heavy atom. The van der Waals surface area contributed by atoms with Gasteiger partial charge in [-0.25, -0.2) is 4.79 Å². The van der Waals surface area contributed by atoms with Crippen molar-refractivity contribution < 1.29 is 13.9 Å². The number of nitrogens with one attached hydrogen (secondary N) is 1. The monoisotopic (exact) mass is 470 g/mol. The number of hydrogen-bond donors (Lipinski definition) is 1. The van der Waals surface area contributed by atoms with Crippen molar-refractivity contribution in [1.29, 1.82) is 0 Å². The molecule has 1 aliphatic heterocycles. The highest BCUT2D eigenvalue weighted by Crippen LogP contribution is 2.41. The van der Waals surface area contributed by atoms with Crippen molar-refractivity contribution in [3.8, 4) is 11.3 Å². The Labute approximate surface area is 202 Å². The fourth-order valence-electron chi connectivity index (χ4n) is 4.11. The Morgan fingerprint density at radius 2 is 1.79 bits per heavy atom. The van der Waals surface area contributed by atoms with Crippen molar-refractivity contribution in [2.45, 2.75) is 18.6 Å². The van der Waals surface area contributed by atoms with Crippen molar-refractivity contribution in [3.63, 3.8) is 0 Å². The fraction of sp³-hybridized carbons (Fsp3) is 0.154. The number of furan rings is 1. The zero-order chi connectivity index (χ0) is 23.5. The number of rotatable bonds is 6. The van der Waals surface area contributed by atoms with Crippen molar-refractivity contribution in [2.24, 2.45) is 0 Å². The van der Waals surface area contributed by atoms with E-state index in [9.17, 15) is 4.79 Å². The van der Waals surface area contributed by atoms with Crippen LogP contribution in [0.15, 0.2) is 89.6 Å². The highest BCUT2D eigenvalue weighted by molar-refractivity contribution is 7.80. The van der Waals surface area contributed by atoms with Gasteiger partial charge in [-0.05, 0) is 60.7 Å². The van der Waals surface area contributed by atoms with Gasteiger partial charge in [0.15, 0.2) is 5.11 Å². The van der Waals surface area contributed by atoms with Gasteiger partial charge in [0.25, 0.3) is 0 Å². The molecule has 2 unspecified atom stereocenters. The second-order valence-electron chi connectivity index (χ2n) is 7.85. The third-order valence-corrected chi connectivity index (χ3v) is 6.12. The molecule has 1 saturated heterocycles. The van der Waals surface area contributed by atoms with Crippen LogP contribution in [-0.2, 0) is 11.3 Å². The molecular formula is C26H22N4O3S. The molecule has 1 fully saturated rings. The van der Waals surface area contributed by atoms with Gasteiger partial charge >= 0.3 is 5.97 Å². The molecule has 7 nitrogen and oxygen atoms in total. The maximum atomic E-state index is 11.7. The number of pyridine rings is 2. The first kappa shape index (κ1) is 21.8. The molecular weight excluding hydrogens is 448 g/mol. The maximum absolute atomic E-state index is 11.7. The number of ether oxygens (including phenoxy) is 1. The van der Waals surface area contributed by atoms with Gasteiger partial charge in [0.1, 0.15) is 17.6 Å². The molecule has 3 aromatic heterocycles. The SMILES string of the molecule is COC(=O)c1ccc(-c2ccc(C3C(c4ccccn4)NC(=S)N3Cc3ccccn3)o2)cc1. The molecule has 5 rings (SSSR count). The molecule has 1 aliphatic rings. The number of thiocarbonyl (C=S) groups is 1. The fourth-order valence-corrected chi connectivity index (χ4v) is 4.41. The molecule has 170 valence electrons. The lowest BCUT2D eigenvalue weighted by Gasteiger charge is -2.25. The molecule has 8 heteroatoms. The van der Waals surface area contributed by atoms with E-state index in [1.54, 1.807) is 24.5 Å². The summed E-state index contributed by atoms with van der Waals surface area (Å²) in [5.41, 5.74) is 3.13. The number of nitrogens with zero attached hydrogens (tertiary/aromatic N) is 3. The molecule has 1 aromatic carbocycles. The van der Waals surface area contributed by atoms with Crippen LogP contribution in [0.25, 0.3) is 11.3 Å². The van der Waals surface area contributed by atoms with Crippen LogP contribution < -0.4 is 5.32 Å². The van der Waals surface area contributed by atoms with Gasteiger partial charge in [0.2, 0.25) is 0 Å². The van der Waals surface area contributed by atoms with Gasteiger partial charge in [-0.1, -0.05) is 24.3 Å². The summed E-state index contributed by atoms with van der Waals surface area (Å²) < 4.78 is 11.1. The van der Waals surface area contributed by atoms with Gasteiger partial charge in [-0.3, -0.25) is 9.97 Å². The molecule has 1 N–H and O–H groups in total. The van der Waals surface area contributed by atoms with Crippen LogP contribution >= 0.6 is 12.2 Å². The quantitative estimate of drug-likeness (QED) is 0.321. The lowest BCUT2D eigenvalue weighted by Crippen LogP contribution is -2.29. The normalized spacial score (nSPS) is 17.4. The molecule has 0 spiro atoms. The van der Waals surface area contributed by atoms with E-state index in [1.165, 1.54) is 7.11 Å². The van der Waals surface area contributed by atoms with Gasteiger partial charge < -0.3 is 19.4 Å². The van der Waals surface area contributed by atoms with Crippen LogP contribution in [0.3, 0.4) is 0 Å². The van der Waals surface area contributed by atoms with Crippen LogP contribution in [0.5, 0.6) is 0 Å². The first-order valence-electron chi connectivity index (χ1n) is 10.8. The third-order valence-electron chi connectivity index (χ3n) is 5.77. The minimum absolute atomic E-state index is 0.182. The van der Waals surface area contributed by atoms with Crippen LogP contribution in [-0.4, -0.2) is 33.1 Å². The maximum Gasteiger partial charge on any atom is 0.337 e. The number of carbonyl (C=O) groups excluding carboxylic acids is 1. The Morgan fingerprint density at radius 3 is 2.47 bits per heavy atom. The summed E-state index contributed by atoms with van der Waals surface area (Å²) in [5, 5.41) is 4.04. The number of benzene rings is 1. The Bertz CT molecular complexity index is 1290. The van der Waals surface area contributed by atoms with E-state index < -0.39 is 0 Å². The molecule has 0 amide bonds. The summed E-state index contributed by atoms with van der Waals surface area (Å²) in [6.07, 6.45) is 3.55. The van der Waals surface area contributed by atoms with Crippen molar-refractivity contribution >= 4 is 23.3 Å². The predicted octanol–water partition coefficient (Wildman–Crippen LogP) is 4.70. The number of carbonyl (C=O) groups is 1. The van der Waals surface area contributed by atoms with Crippen LogP contribution in [0.1, 0.15) is 39.6 Å². The zero-order valence-electron chi connectivity index (χ0n) is 18.4. The Kier molecular flexibility index (Phi) is 6.05. The summed E-state index contributed by atoms with van der Waals surface area (Å²) in [6.45, 7) is 0.532. The number of aromatic nitrogens is 2. The molecule has 0 saturated carbocycles.